The van der Waals surface area contributed by atoms with Gasteiger partial charge in [-0.1, -0.05) is 86.5 Å². The van der Waals surface area contributed by atoms with E-state index in [4.69, 9.17) is 13.6 Å². The highest BCUT2D eigenvalue weighted by Crippen LogP contribution is 2.39. The molecule has 0 heterocycles. The molecule has 0 amide bonds. The lowest BCUT2D eigenvalue weighted by Crippen LogP contribution is -1.94. The number of fused-ring (bicyclic) bond motifs is 3. The Morgan fingerprint density at radius 3 is 1.82 bits per heavy atom. The van der Waals surface area contributed by atoms with Crippen LogP contribution in [0.2, 0.25) is 0 Å². The first kappa shape index (κ1) is 32.1. The molecule has 0 fully saturated rings. The highest BCUT2D eigenvalue weighted by atomic mass is 79.9. The molecule has 0 saturated heterocycles. The molecule has 1 aliphatic rings. The van der Waals surface area contributed by atoms with E-state index < -0.39 is 8.60 Å². The van der Waals surface area contributed by atoms with Crippen molar-refractivity contribution in [2.45, 2.75) is 27.2 Å². The number of halogens is 2. The zero-order valence-corrected chi connectivity index (χ0v) is 26.7. The van der Waals surface area contributed by atoms with Gasteiger partial charge in [0.25, 0.3) is 5.69 Å². The third kappa shape index (κ3) is 9.30. The van der Waals surface area contributed by atoms with Crippen molar-refractivity contribution in [2.75, 3.05) is 19.8 Å². The molecule has 0 unspecified atom stereocenters. The van der Waals surface area contributed by atoms with Crippen LogP contribution >= 0.6 is 40.5 Å². The van der Waals surface area contributed by atoms with Crippen LogP contribution in [0.1, 0.15) is 31.9 Å². The molecule has 0 bridgehead atoms. The molecular weight excluding hydrogens is 657 g/mol. The number of para-hydroxylation sites is 1. The van der Waals surface area contributed by atoms with Crippen LogP contribution in [0, 0.1) is 10.1 Å². The second kappa shape index (κ2) is 16.7. The summed E-state index contributed by atoms with van der Waals surface area (Å²) < 4.78 is 17.6. The molecule has 0 aliphatic heterocycles. The van der Waals surface area contributed by atoms with Crippen molar-refractivity contribution < 1.29 is 18.5 Å². The van der Waals surface area contributed by atoms with E-state index in [2.05, 4.69) is 74.3 Å². The van der Waals surface area contributed by atoms with Gasteiger partial charge in [0.2, 0.25) is 0 Å². The van der Waals surface area contributed by atoms with Crippen LogP contribution in [0.15, 0.2) is 99.9 Å². The number of nitro groups is 1. The molecule has 0 spiro atoms. The van der Waals surface area contributed by atoms with E-state index in [0.29, 0.717) is 25.4 Å². The molecule has 0 aromatic heterocycles. The number of hydrogen-bond donors (Lipinski definition) is 0. The van der Waals surface area contributed by atoms with Crippen molar-refractivity contribution in [3.63, 3.8) is 0 Å². The van der Waals surface area contributed by atoms with Crippen molar-refractivity contribution in [3.05, 3.63) is 121 Å². The summed E-state index contributed by atoms with van der Waals surface area (Å²) in [5.74, 6) is 0. The Labute approximate surface area is 254 Å². The van der Waals surface area contributed by atoms with Crippen LogP contribution in [-0.4, -0.2) is 24.7 Å². The van der Waals surface area contributed by atoms with E-state index in [9.17, 15) is 10.1 Å². The lowest BCUT2D eigenvalue weighted by Gasteiger charge is -2.12. The normalized spacial score (nSPS) is 11.1. The SMILES string of the molecule is Brc1ccc2c(c1)Cc1ccccc1-2.CCOP(OCC)OCC.O=[N+]([O-])c1ccccc1-c1ccc(Br)cc1. The van der Waals surface area contributed by atoms with E-state index in [1.165, 1.54) is 32.8 Å². The molecule has 9 heteroatoms. The number of benzene rings is 4. The van der Waals surface area contributed by atoms with Gasteiger partial charge in [0.05, 0.1) is 30.3 Å². The second-order valence-corrected chi connectivity index (χ2v) is 11.4. The molecule has 40 heavy (non-hydrogen) atoms. The summed E-state index contributed by atoms with van der Waals surface area (Å²) in [6.45, 7) is 7.71. The average Bonchev–Trinajstić information content (AvgIpc) is 3.32. The summed E-state index contributed by atoms with van der Waals surface area (Å²) in [5, 5.41) is 10.9. The Morgan fingerprint density at radius 2 is 1.23 bits per heavy atom. The van der Waals surface area contributed by atoms with Crippen molar-refractivity contribution in [2.24, 2.45) is 0 Å². The average molecular weight is 689 g/mol. The minimum atomic E-state index is -1.06. The Bertz CT molecular complexity index is 1370. The molecule has 0 atom stereocenters. The van der Waals surface area contributed by atoms with Gasteiger partial charge in [-0.25, -0.2) is 0 Å². The topological polar surface area (TPSA) is 70.8 Å². The van der Waals surface area contributed by atoms with Crippen LogP contribution < -0.4 is 0 Å². The summed E-state index contributed by atoms with van der Waals surface area (Å²) in [4.78, 5) is 10.5. The van der Waals surface area contributed by atoms with Crippen LogP contribution in [0.5, 0.6) is 0 Å². The number of rotatable bonds is 8. The molecule has 0 saturated carbocycles. The smallest absolute Gasteiger partial charge is 0.313 e. The maximum atomic E-state index is 10.9. The summed E-state index contributed by atoms with van der Waals surface area (Å²) >= 11 is 6.84. The number of nitro benzene ring substituents is 1. The lowest BCUT2D eigenvalue weighted by molar-refractivity contribution is -0.384. The zero-order valence-electron chi connectivity index (χ0n) is 22.7. The maximum Gasteiger partial charge on any atom is 0.332 e. The largest absolute Gasteiger partial charge is 0.332 e. The standard InChI is InChI=1S/C13H9Br.C12H8BrNO2.C6H15O3P/c14-11-5-6-13-10(8-11)7-9-3-1-2-4-12(9)13;13-10-7-5-9(6-8-10)11-3-1-2-4-12(11)14(15)16;1-4-7-10(8-5-2)9-6-3/h1-6,8H,7H2;1-8H;4-6H2,1-3H3. The predicted octanol–water partition coefficient (Wildman–Crippen LogP) is 10.4. The number of hydrogen-bond acceptors (Lipinski definition) is 5. The number of nitrogens with zero attached hydrogens (tertiary/aromatic N) is 1. The van der Waals surface area contributed by atoms with Gasteiger partial charge in [-0.05, 0) is 85.3 Å². The fourth-order valence-electron chi connectivity index (χ4n) is 4.05. The molecule has 0 radical (unpaired) electrons. The molecule has 5 rings (SSSR count). The minimum Gasteiger partial charge on any atom is -0.313 e. The molecule has 4 aromatic rings. The summed E-state index contributed by atoms with van der Waals surface area (Å²) in [5.41, 5.74) is 7.28. The third-order valence-electron chi connectivity index (χ3n) is 5.72. The summed E-state index contributed by atoms with van der Waals surface area (Å²) in [7, 11) is -1.06. The molecule has 1 aliphatic carbocycles. The quantitative estimate of drug-likeness (QED) is 0.0922. The molecule has 4 aromatic carbocycles. The van der Waals surface area contributed by atoms with Gasteiger partial charge in [-0.3, -0.25) is 10.1 Å². The summed E-state index contributed by atoms with van der Waals surface area (Å²) in [6, 6.07) is 29.3. The highest BCUT2D eigenvalue weighted by Gasteiger charge is 2.17. The van der Waals surface area contributed by atoms with Gasteiger partial charge in [-0.15, -0.1) is 0 Å². The van der Waals surface area contributed by atoms with Crippen molar-refractivity contribution in [3.8, 4) is 22.3 Å². The van der Waals surface area contributed by atoms with Gasteiger partial charge < -0.3 is 13.6 Å². The Morgan fingerprint density at radius 1 is 0.700 bits per heavy atom. The van der Waals surface area contributed by atoms with Crippen LogP contribution in [0.4, 0.5) is 5.69 Å². The highest BCUT2D eigenvalue weighted by molar-refractivity contribution is 9.10. The monoisotopic (exact) mass is 687 g/mol. The predicted molar refractivity (Wildman–Crippen MR) is 170 cm³/mol. The van der Waals surface area contributed by atoms with E-state index in [1.54, 1.807) is 18.2 Å². The van der Waals surface area contributed by atoms with Crippen molar-refractivity contribution in [1.29, 1.82) is 0 Å². The first-order chi connectivity index (χ1) is 19.4. The van der Waals surface area contributed by atoms with Crippen molar-refractivity contribution >= 4 is 46.1 Å². The first-order valence-corrected chi connectivity index (χ1v) is 15.6. The van der Waals surface area contributed by atoms with E-state index in [1.807, 2.05) is 45.0 Å². The van der Waals surface area contributed by atoms with Crippen molar-refractivity contribution in [1.82, 2.24) is 0 Å². The second-order valence-electron chi connectivity index (χ2n) is 8.39. The van der Waals surface area contributed by atoms with Gasteiger partial charge in [0.15, 0.2) is 0 Å². The van der Waals surface area contributed by atoms with E-state index in [-0.39, 0.29) is 10.6 Å². The van der Waals surface area contributed by atoms with Gasteiger partial charge >= 0.3 is 8.60 Å². The maximum absolute atomic E-state index is 10.9. The fourth-order valence-corrected chi connectivity index (χ4v) is 5.58. The van der Waals surface area contributed by atoms with E-state index >= 15 is 0 Å². The molecular formula is C31H32Br2NO5P. The summed E-state index contributed by atoms with van der Waals surface area (Å²) in [6.07, 6.45) is 1.07. The Kier molecular flexibility index (Phi) is 13.4. The molecule has 210 valence electrons. The van der Waals surface area contributed by atoms with Crippen LogP contribution in [-0.2, 0) is 20.0 Å². The third-order valence-corrected chi connectivity index (χ3v) is 8.14. The fraction of sp³-hybridized carbons (Fsp3) is 0.226. The molecule has 6 nitrogen and oxygen atoms in total. The Hall–Kier alpha value is -2.45. The van der Waals surface area contributed by atoms with Gasteiger partial charge in [-0.2, -0.15) is 0 Å². The first-order valence-electron chi connectivity index (χ1n) is 12.9. The molecule has 0 N–H and O–H groups in total. The Balaban J connectivity index is 0.000000170. The van der Waals surface area contributed by atoms with E-state index in [0.717, 1.165) is 16.5 Å². The van der Waals surface area contributed by atoms with Crippen LogP contribution in [0.25, 0.3) is 22.3 Å². The van der Waals surface area contributed by atoms with Gasteiger partial charge in [0, 0.05) is 15.0 Å². The zero-order chi connectivity index (χ0) is 28.9. The van der Waals surface area contributed by atoms with Gasteiger partial charge in [0.1, 0.15) is 0 Å². The van der Waals surface area contributed by atoms with Crippen LogP contribution in [0.3, 0.4) is 0 Å². The minimum absolute atomic E-state index is 0.129. The lowest BCUT2D eigenvalue weighted by atomic mass is 10.0.